The standard InChI is InChI=1S/C15H19N3O/c1-10-13(11-5-3-4-6-12(11)19-2)18-14(17-10)15(9-16)7-8-15/h3-6H,7-9,16H2,1-2H3,(H,17,18). The third-order valence-corrected chi connectivity index (χ3v) is 3.99. The van der Waals surface area contributed by atoms with Crippen LogP contribution in [-0.4, -0.2) is 23.6 Å². The molecular weight excluding hydrogens is 238 g/mol. The van der Waals surface area contributed by atoms with E-state index >= 15 is 0 Å². The summed E-state index contributed by atoms with van der Waals surface area (Å²) in [5.41, 5.74) is 9.02. The molecule has 0 unspecified atom stereocenters. The van der Waals surface area contributed by atoms with E-state index in [-0.39, 0.29) is 5.41 Å². The van der Waals surface area contributed by atoms with Gasteiger partial charge in [0.25, 0.3) is 0 Å². The fourth-order valence-corrected chi connectivity index (χ4v) is 2.50. The number of aromatic amines is 1. The van der Waals surface area contributed by atoms with Gasteiger partial charge in [-0.2, -0.15) is 0 Å². The number of benzene rings is 1. The summed E-state index contributed by atoms with van der Waals surface area (Å²) >= 11 is 0. The molecule has 0 aliphatic heterocycles. The number of methoxy groups -OCH3 is 1. The fourth-order valence-electron chi connectivity index (χ4n) is 2.50. The van der Waals surface area contributed by atoms with Crippen LogP contribution in [0.2, 0.25) is 0 Å². The lowest BCUT2D eigenvalue weighted by Gasteiger charge is -2.08. The van der Waals surface area contributed by atoms with Crippen LogP contribution in [0, 0.1) is 6.92 Å². The number of rotatable bonds is 4. The largest absolute Gasteiger partial charge is 0.496 e. The summed E-state index contributed by atoms with van der Waals surface area (Å²) in [7, 11) is 1.68. The first-order valence-electron chi connectivity index (χ1n) is 6.61. The minimum Gasteiger partial charge on any atom is -0.496 e. The van der Waals surface area contributed by atoms with Gasteiger partial charge < -0.3 is 15.5 Å². The molecule has 4 nitrogen and oxygen atoms in total. The molecule has 0 atom stereocenters. The van der Waals surface area contributed by atoms with E-state index in [2.05, 4.69) is 4.98 Å². The van der Waals surface area contributed by atoms with Gasteiger partial charge in [-0.25, -0.2) is 4.98 Å². The Hall–Kier alpha value is -1.81. The monoisotopic (exact) mass is 257 g/mol. The van der Waals surface area contributed by atoms with Crippen molar-refractivity contribution >= 4 is 0 Å². The highest BCUT2D eigenvalue weighted by molar-refractivity contribution is 5.69. The third kappa shape index (κ3) is 1.92. The van der Waals surface area contributed by atoms with Crippen molar-refractivity contribution < 1.29 is 4.74 Å². The molecule has 1 saturated carbocycles. The number of hydrogen-bond donors (Lipinski definition) is 2. The number of nitrogens with two attached hydrogens (primary N) is 1. The number of ether oxygens (including phenoxy) is 1. The molecule has 0 bridgehead atoms. The number of nitrogens with zero attached hydrogens (tertiary/aromatic N) is 1. The van der Waals surface area contributed by atoms with Gasteiger partial charge in [0.1, 0.15) is 11.6 Å². The van der Waals surface area contributed by atoms with Crippen molar-refractivity contribution in [2.24, 2.45) is 5.73 Å². The maximum absolute atomic E-state index is 5.87. The van der Waals surface area contributed by atoms with Crippen LogP contribution in [0.3, 0.4) is 0 Å². The van der Waals surface area contributed by atoms with Crippen LogP contribution >= 0.6 is 0 Å². The molecule has 1 aromatic carbocycles. The minimum absolute atomic E-state index is 0.0883. The summed E-state index contributed by atoms with van der Waals surface area (Å²) in [5.74, 6) is 1.87. The fraction of sp³-hybridized carbons (Fsp3) is 0.400. The van der Waals surface area contributed by atoms with Gasteiger partial charge in [0.15, 0.2) is 0 Å². The van der Waals surface area contributed by atoms with Crippen molar-refractivity contribution in [1.82, 2.24) is 9.97 Å². The van der Waals surface area contributed by atoms with E-state index in [1.54, 1.807) is 7.11 Å². The van der Waals surface area contributed by atoms with Gasteiger partial charge in [-0.15, -0.1) is 0 Å². The predicted octanol–water partition coefficient (Wildman–Crippen LogP) is 2.38. The molecule has 0 radical (unpaired) electrons. The van der Waals surface area contributed by atoms with Gasteiger partial charge in [-0.1, -0.05) is 12.1 Å². The molecule has 3 rings (SSSR count). The first kappa shape index (κ1) is 12.2. The van der Waals surface area contributed by atoms with Crippen LogP contribution in [0.5, 0.6) is 5.75 Å². The molecule has 0 spiro atoms. The molecular formula is C15H19N3O. The zero-order chi connectivity index (χ0) is 13.5. The highest BCUT2D eigenvalue weighted by Crippen LogP contribution is 2.46. The van der Waals surface area contributed by atoms with Gasteiger partial charge in [0.2, 0.25) is 0 Å². The number of para-hydroxylation sites is 1. The number of aryl methyl sites for hydroxylation is 1. The number of nitrogens with one attached hydrogen (secondary N) is 1. The highest BCUT2D eigenvalue weighted by atomic mass is 16.5. The Bertz CT molecular complexity index is 599. The van der Waals surface area contributed by atoms with Crippen LogP contribution in [0.15, 0.2) is 24.3 Å². The Balaban J connectivity index is 2.06. The van der Waals surface area contributed by atoms with Gasteiger partial charge in [0.05, 0.1) is 12.8 Å². The first-order chi connectivity index (χ1) is 9.20. The van der Waals surface area contributed by atoms with E-state index in [0.717, 1.165) is 41.4 Å². The summed E-state index contributed by atoms with van der Waals surface area (Å²) in [4.78, 5) is 8.18. The summed E-state index contributed by atoms with van der Waals surface area (Å²) in [6, 6.07) is 7.96. The molecule has 1 heterocycles. The maximum atomic E-state index is 5.87. The van der Waals surface area contributed by atoms with Gasteiger partial charge in [-0.3, -0.25) is 0 Å². The summed E-state index contributed by atoms with van der Waals surface area (Å²) in [6.45, 7) is 2.70. The van der Waals surface area contributed by atoms with Crippen LogP contribution in [0.1, 0.15) is 24.4 Å². The number of imidazole rings is 1. The van der Waals surface area contributed by atoms with E-state index in [1.165, 1.54) is 0 Å². The molecule has 4 heteroatoms. The number of hydrogen-bond acceptors (Lipinski definition) is 3. The molecule has 2 aromatic rings. The molecule has 1 fully saturated rings. The Kier molecular flexibility index (Phi) is 2.82. The summed E-state index contributed by atoms with van der Waals surface area (Å²) in [5, 5.41) is 0. The van der Waals surface area contributed by atoms with E-state index in [9.17, 15) is 0 Å². The third-order valence-electron chi connectivity index (χ3n) is 3.99. The lowest BCUT2D eigenvalue weighted by atomic mass is 10.1. The Labute approximate surface area is 113 Å². The number of aromatic nitrogens is 2. The van der Waals surface area contributed by atoms with Crippen LogP contribution in [-0.2, 0) is 5.41 Å². The Morgan fingerprint density at radius 3 is 2.74 bits per heavy atom. The molecule has 100 valence electrons. The molecule has 1 aliphatic carbocycles. The predicted molar refractivity (Wildman–Crippen MR) is 75.3 cm³/mol. The molecule has 0 saturated heterocycles. The smallest absolute Gasteiger partial charge is 0.128 e. The Morgan fingerprint density at radius 1 is 1.37 bits per heavy atom. The van der Waals surface area contributed by atoms with Crippen molar-refractivity contribution in [1.29, 1.82) is 0 Å². The molecule has 1 aliphatic rings. The van der Waals surface area contributed by atoms with Gasteiger partial charge in [0, 0.05) is 23.2 Å². The lowest BCUT2D eigenvalue weighted by molar-refractivity contribution is 0.416. The second-order valence-corrected chi connectivity index (χ2v) is 5.24. The second kappa shape index (κ2) is 4.38. The van der Waals surface area contributed by atoms with Crippen molar-refractivity contribution in [3.63, 3.8) is 0 Å². The normalized spacial score (nSPS) is 16.4. The average molecular weight is 257 g/mol. The van der Waals surface area contributed by atoms with Crippen molar-refractivity contribution in [3.05, 3.63) is 35.8 Å². The molecule has 1 aromatic heterocycles. The quantitative estimate of drug-likeness (QED) is 0.884. The second-order valence-electron chi connectivity index (χ2n) is 5.24. The zero-order valence-corrected chi connectivity index (χ0v) is 11.4. The first-order valence-corrected chi connectivity index (χ1v) is 6.61. The SMILES string of the molecule is COc1ccccc1-c1nc(C2(CN)CC2)[nH]c1C. The van der Waals surface area contributed by atoms with Crippen molar-refractivity contribution in [2.45, 2.75) is 25.2 Å². The molecule has 19 heavy (non-hydrogen) atoms. The van der Waals surface area contributed by atoms with Crippen molar-refractivity contribution in [3.8, 4) is 17.0 Å². The van der Waals surface area contributed by atoms with Crippen LogP contribution < -0.4 is 10.5 Å². The molecule has 3 N–H and O–H groups in total. The topological polar surface area (TPSA) is 63.9 Å². The highest BCUT2D eigenvalue weighted by Gasteiger charge is 2.46. The van der Waals surface area contributed by atoms with Gasteiger partial charge >= 0.3 is 0 Å². The summed E-state index contributed by atoms with van der Waals surface area (Å²) in [6.07, 6.45) is 2.25. The van der Waals surface area contributed by atoms with Crippen LogP contribution in [0.4, 0.5) is 0 Å². The van der Waals surface area contributed by atoms with Crippen LogP contribution in [0.25, 0.3) is 11.3 Å². The summed E-state index contributed by atoms with van der Waals surface area (Å²) < 4.78 is 5.41. The van der Waals surface area contributed by atoms with E-state index < -0.39 is 0 Å². The molecule has 0 amide bonds. The Morgan fingerprint density at radius 2 is 2.11 bits per heavy atom. The minimum atomic E-state index is 0.0883. The van der Waals surface area contributed by atoms with Crippen molar-refractivity contribution in [2.75, 3.05) is 13.7 Å². The average Bonchev–Trinajstić information content (AvgIpc) is 3.16. The lowest BCUT2D eigenvalue weighted by Crippen LogP contribution is -2.21. The van der Waals surface area contributed by atoms with E-state index in [4.69, 9.17) is 15.5 Å². The number of H-pyrrole nitrogens is 1. The maximum Gasteiger partial charge on any atom is 0.128 e. The van der Waals surface area contributed by atoms with Gasteiger partial charge in [-0.05, 0) is 31.9 Å². The zero-order valence-electron chi connectivity index (χ0n) is 11.4. The van der Waals surface area contributed by atoms with E-state index in [1.807, 2.05) is 31.2 Å². The van der Waals surface area contributed by atoms with E-state index in [0.29, 0.717) is 6.54 Å².